The lowest BCUT2D eigenvalue weighted by molar-refractivity contribution is 0.190. The summed E-state index contributed by atoms with van der Waals surface area (Å²) in [4.78, 5) is 4.46. The van der Waals surface area contributed by atoms with Crippen molar-refractivity contribution >= 4 is 15.8 Å². The second-order valence-electron chi connectivity index (χ2n) is 5.77. The van der Waals surface area contributed by atoms with E-state index in [2.05, 4.69) is 10.3 Å². The lowest BCUT2D eigenvalue weighted by Gasteiger charge is -2.25. The fourth-order valence-corrected chi connectivity index (χ4v) is 4.67. The van der Waals surface area contributed by atoms with Crippen LogP contribution in [-0.2, 0) is 21.1 Å². The van der Waals surface area contributed by atoms with Crippen LogP contribution in [0, 0.1) is 6.92 Å². The van der Waals surface area contributed by atoms with Crippen molar-refractivity contribution in [3.63, 3.8) is 0 Å². The summed E-state index contributed by atoms with van der Waals surface area (Å²) in [6, 6.07) is 0. The minimum atomic E-state index is -2.92. The molecule has 2 heterocycles. The molecule has 1 aliphatic rings. The predicted molar refractivity (Wildman–Crippen MR) is 78.8 cm³/mol. The first-order valence-corrected chi connectivity index (χ1v) is 8.67. The number of anilines is 1. The van der Waals surface area contributed by atoms with Crippen molar-refractivity contribution < 1.29 is 13.2 Å². The molecule has 6 nitrogen and oxygen atoms in total. The average Bonchev–Trinajstić information content (AvgIpc) is 2.80. The Kier molecular flexibility index (Phi) is 4.39. The summed E-state index contributed by atoms with van der Waals surface area (Å²) >= 11 is 0. The van der Waals surface area contributed by atoms with Crippen LogP contribution in [0.4, 0.5) is 5.95 Å². The molecule has 1 N–H and O–H groups in total. The molecule has 0 aliphatic carbocycles. The molecule has 2 rings (SSSR count). The van der Waals surface area contributed by atoms with Crippen LogP contribution < -0.4 is 5.32 Å². The highest BCUT2D eigenvalue weighted by atomic mass is 32.2. The van der Waals surface area contributed by atoms with Crippen LogP contribution in [0.5, 0.6) is 0 Å². The normalized spacial score (nSPS) is 24.9. The fourth-order valence-electron chi connectivity index (χ4n) is 2.58. The van der Waals surface area contributed by atoms with Crippen LogP contribution in [-0.4, -0.2) is 48.7 Å². The Balaban J connectivity index is 2.09. The highest BCUT2D eigenvalue weighted by Gasteiger charge is 2.39. The molecule has 1 atom stereocenters. The summed E-state index contributed by atoms with van der Waals surface area (Å²) in [7, 11) is -1.24. The van der Waals surface area contributed by atoms with Gasteiger partial charge in [-0.2, -0.15) is 0 Å². The third kappa shape index (κ3) is 3.73. The minimum absolute atomic E-state index is 0.171. The predicted octanol–water partition coefficient (Wildman–Crippen LogP) is 1.22. The largest absolute Gasteiger partial charge is 0.385 e. The molecule has 0 aromatic carbocycles. The number of sulfone groups is 1. The standard InChI is InChI=1S/C13H23N3O3S/c1-11-9-16(6-4-7-19-3)12(14-11)15-13(2)5-8-20(17,18)10-13/h9H,4-8,10H2,1-3H3,(H,14,15). The summed E-state index contributed by atoms with van der Waals surface area (Å²) in [6.07, 6.45) is 3.50. The molecule has 1 fully saturated rings. The molecular weight excluding hydrogens is 278 g/mol. The second-order valence-corrected chi connectivity index (χ2v) is 7.96. The number of hydrogen-bond acceptors (Lipinski definition) is 5. The van der Waals surface area contributed by atoms with Gasteiger partial charge in [0.05, 0.1) is 22.7 Å². The van der Waals surface area contributed by atoms with Gasteiger partial charge in [-0.3, -0.25) is 0 Å². The van der Waals surface area contributed by atoms with Crippen LogP contribution in [0.3, 0.4) is 0 Å². The minimum Gasteiger partial charge on any atom is -0.385 e. The molecule has 0 saturated carbocycles. The van der Waals surface area contributed by atoms with Crippen LogP contribution in [0.1, 0.15) is 25.5 Å². The van der Waals surface area contributed by atoms with E-state index in [1.807, 2.05) is 24.6 Å². The molecule has 20 heavy (non-hydrogen) atoms. The summed E-state index contributed by atoms with van der Waals surface area (Å²) in [6.45, 7) is 5.38. The van der Waals surface area contributed by atoms with Gasteiger partial charge in [-0.25, -0.2) is 13.4 Å². The Morgan fingerprint density at radius 1 is 1.55 bits per heavy atom. The molecule has 0 spiro atoms. The van der Waals surface area contributed by atoms with E-state index in [1.54, 1.807) is 7.11 Å². The highest BCUT2D eigenvalue weighted by molar-refractivity contribution is 7.91. The maximum absolute atomic E-state index is 11.7. The van der Waals surface area contributed by atoms with Crippen molar-refractivity contribution in [2.24, 2.45) is 0 Å². The van der Waals surface area contributed by atoms with Gasteiger partial charge in [-0.15, -0.1) is 0 Å². The molecule has 7 heteroatoms. The first-order valence-electron chi connectivity index (χ1n) is 6.85. The number of imidazole rings is 1. The van der Waals surface area contributed by atoms with Gasteiger partial charge in [-0.05, 0) is 26.7 Å². The highest BCUT2D eigenvalue weighted by Crippen LogP contribution is 2.27. The number of methoxy groups -OCH3 is 1. The third-order valence-corrected chi connectivity index (χ3v) is 5.46. The third-order valence-electron chi connectivity index (χ3n) is 3.56. The molecule has 1 aliphatic heterocycles. The van der Waals surface area contributed by atoms with Crippen LogP contribution in [0.25, 0.3) is 0 Å². The molecule has 1 aromatic rings. The van der Waals surface area contributed by atoms with Crippen molar-refractivity contribution in [2.75, 3.05) is 30.5 Å². The first kappa shape index (κ1) is 15.3. The van der Waals surface area contributed by atoms with Crippen molar-refractivity contribution in [2.45, 2.75) is 38.8 Å². The van der Waals surface area contributed by atoms with Gasteiger partial charge >= 0.3 is 0 Å². The van der Waals surface area contributed by atoms with Gasteiger partial charge in [0, 0.05) is 26.5 Å². The number of nitrogens with one attached hydrogen (secondary N) is 1. The summed E-state index contributed by atoms with van der Waals surface area (Å²) in [5, 5.41) is 3.32. The maximum atomic E-state index is 11.7. The Bertz CT molecular complexity index is 567. The maximum Gasteiger partial charge on any atom is 0.203 e. The topological polar surface area (TPSA) is 73.2 Å². The van der Waals surface area contributed by atoms with E-state index in [4.69, 9.17) is 4.74 Å². The molecule has 114 valence electrons. The zero-order valence-electron chi connectivity index (χ0n) is 12.3. The van der Waals surface area contributed by atoms with Crippen molar-refractivity contribution in [1.82, 2.24) is 9.55 Å². The zero-order valence-corrected chi connectivity index (χ0v) is 13.2. The van der Waals surface area contributed by atoms with E-state index in [0.717, 1.165) is 24.6 Å². The van der Waals surface area contributed by atoms with Gasteiger partial charge in [0.15, 0.2) is 9.84 Å². The number of rotatable bonds is 6. The SMILES string of the molecule is COCCCn1cc(C)nc1NC1(C)CCS(=O)(=O)C1. The number of nitrogens with zero attached hydrogens (tertiary/aromatic N) is 2. The molecule has 1 aromatic heterocycles. The Morgan fingerprint density at radius 3 is 2.90 bits per heavy atom. The van der Waals surface area contributed by atoms with E-state index in [0.29, 0.717) is 13.0 Å². The lowest BCUT2D eigenvalue weighted by atomic mass is 10.0. The first-order chi connectivity index (χ1) is 9.34. The van der Waals surface area contributed by atoms with Crippen molar-refractivity contribution in [1.29, 1.82) is 0 Å². The van der Waals surface area contributed by atoms with E-state index in [9.17, 15) is 8.42 Å². The number of aryl methyl sites for hydroxylation is 2. The molecule has 1 saturated heterocycles. The Labute approximate surface area is 120 Å². The van der Waals surface area contributed by atoms with Gasteiger partial charge in [0.1, 0.15) is 0 Å². The quantitative estimate of drug-likeness (QED) is 0.800. The Morgan fingerprint density at radius 2 is 2.30 bits per heavy atom. The second kappa shape index (κ2) is 5.73. The average molecular weight is 301 g/mol. The molecule has 0 radical (unpaired) electrons. The van der Waals surface area contributed by atoms with Gasteiger partial charge in [0.2, 0.25) is 5.95 Å². The lowest BCUT2D eigenvalue weighted by Crippen LogP contribution is -2.37. The Hall–Kier alpha value is -1.08. The number of aromatic nitrogens is 2. The van der Waals surface area contributed by atoms with Crippen molar-refractivity contribution in [3.8, 4) is 0 Å². The molecule has 0 bridgehead atoms. The van der Waals surface area contributed by atoms with E-state index >= 15 is 0 Å². The molecular formula is C13H23N3O3S. The van der Waals surface area contributed by atoms with Crippen LogP contribution in [0.2, 0.25) is 0 Å². The van der Waals surface area contributed by atoms with Crippen LogP contribution in [0.15, 0.2) is 6.20 Å². The summed E-state index contributed by atoms with van der Waals surface area (Å²) in [5.41, 5.74) is 0.504. The number of ether oxygens (including phenoxy) is 1. The van der Waals surface area contributed by atoms with E-state index in [1.165, 1.54) is 0 Å². The van der Waals surface area contributed by atoms with Crippen LogP contribution >= 0.6 is 0 Å². The van der Waals surface area contributed by atoms with E-state index in [-0.39, 0.29) is 11.5 Å². The summed E-state index contributed by atoms with van der Waals surface area (Å²) in [5.74, 6) is 1.17. The fraction of sp³-hybridized carbons (Fsp3) is 0.769. The van der Waals surface area contributed by atoms with Gasteiger partial charge < -0.3 is 14.6 Å². The monoisotopic (exact) mass is 301 g/mol. The van der Waals surface area contributed by atoms with Gasteiger partial charge in [-0.1, -0.05) is 0 Å². The van der Waals surface area contributed by atoms with Crippen molar-refractivity contribution in [3.05, 3.63) is 11.9 Å². The smallest absolute Gasteiger partial charge is 0.203 e. The molecule has 1 unspecified atom stereocenters. The zero-order chi connectivity index (χ0) is 14.8. The number of hydrogen-bond donors (Lipinski definition) is 1. The summed E-state index contributed by atoms with van der Waals surface area (Å²) < 4.78 is 30.4. The van der Waals surface area contributed by atoms with Gasteiger partial charge in [0.25, 0.3) is 0 Å². The van der Waals surface area contributed by atoms with E-state index < -0.39 is 15.4 Å². The molecule has 0 amide bonds.